The lowest BCUT2D eigenvalue weighted by Gasteiger charge is -2.39. The number of fused-ring (bicyclic) bond motifs is 1. The number of nitrogens with zero attached hydrogens (tertiary/aromatic N) is 1. The lowest BCUT2D eigenvalue weighted by Crippen LogP contribution is -2.47. The molecule has 0 saturated carbocycles. The SMILES string of the molecule is O=C(O)c1ccc2c(c1)CCCC(c1cccc(F)c1F)=C2c1ccc(CC2CN(CCCF)C2)cc1. The first-order chi connectivity index (χ1) is 17.9. The van der Waals surface area contributed by atoms with E-state index in [0.29, 0.717) is 31.6 Å². The van der Waals surface area contributed by atoms with E-state index in [9.17, 15) is 18.7 Å². The van der Waals surface area contributed by atoms with Crippen molar-refractivity contribution in [2.45, 2.75) is 32.1 Å². The van der Waals surface area contributed by atoms with Crippen molar-refractivity contribution in [3.05, 3.63) is 106 Å². The lowest BCUT2D eigenvalue weighted by molar-refractivity contribution is 0.0696. The molecule has 0 radical (unpaired) electrons. The Balaban J connectivity index is 1.51. The van der Waals surface area contributed by atoms with E-state index in [1.807, 2.05) is 12.1 Å². The summed E-state index contributed by atoms with van der Waals surface area (Å²) in [5, 5.41) is 9.50. The summed E-state index contributed by atoms with van der Waals surface area (Å²) >= 11 is 0. The van der Waals surface area contributed by atoms with Crippen LogP contribution in [0.5, 0.6) is 0 Å². The number of hydrogen-bond acceptors (Lipinski definition) is 2. The van der Waals surface area contributed by atoms with E-state index in [1.165, 1.54) is 11.6 Å². The standard InChI is InChI=1S/C31H30F3NO2/c32-14-3-15-35-18-21(19-35)16-20-8-10-22(11-9-20)29-25-13-12-24(31(36)37)17-23(25)4-1-5-26(29)27-6-2-7-28(33)30(27)34/h2,6-13,17,21H,1,3-5,14-16,18-19H2,(H,36,37). The Bertz CT molecular complexity index is 1330. The lowest BCUT2D eigenvalue weighted by atomic mass is 9.86. The Morgan fingerprint density at radius 3 is 2.49 bits per heavy atom. The van der Waals surface area contributed by atoms with E-state index in [-0.39, 0.29) is 17.8 Å². The molecule has 1 N–H and O–H groups in total. The first-order valence-corrected chi connectivity index (χ1v) is 12.9. The number of alkyl halides is 1. The molecule has 0 aromatic heterocycles. The number of hydrogen-bond donors (Lipinski definition) is 1. The van der Waals surface area contributed by atoms with Gasteiger partial charge >= 0.3 is 5.97 Å². The largest absolute Gasteiger partial charge is 0.478 e. The van der Waals surface area contributed by atoms with Gasteiger partial charge in [-0.15, -0.1) is 0 Å². The zero-order valence-corrected chi connectivity index (χ0v) is 20.7. The average Bonchev–Trinajstić information content (AvgIpc) is 3.06. The summed E-state index contributed by atoms with van der Waals surface area (Å²) in [4.78, 5) is 13.9. The Kier molecular flexibility index (Phi) is 7.47. The minimum Gasteiger partial charge on any atom is -0.478 e. The molecule has 3 aromatic carbocycles. The number of halogens is 3. The number of carbonyl (C=O) groups is 1. The normalized spacial score (nSPS) is 16.3. The zero-order chi connectivity index (χ0) is 25.9. The van der Waals surface area contributed by atoms with E-state index < -0.39 is 17.6 Å². The van der Waals surface area contributed by atoms with Crippen LogP contribution in [0.4, 0.5) is 13.2 Å². The van der Waals surface area contributed by atoms with Crippen molar-refractivity contribution in [1.82, 2.24) is 4.90 Å². The predicted octanol–water partition coefficient (Wildman–Crippen LogP) is 6.79. The average molecular weight is 506 g/mol. The monoisotopic (exact) mass is 505 g/mol. The third kappa shape index (κ3) is 5.35. The molecular weight excluding hydrogens is 475 g/mol. The molecule has 37 heavy (non-hydrogen) atoms. The first-order valence-electron chi connectivity index (χ1n) is 12.9. The zero-order valence-electron chi connectivity index (χ0n) is 20.7. The van der Waals surface area contributed by atoms with Gasteiger partial charge in [0.1, 0.15) is 0 Å². The summed E-state index contributed by atoms with van der Waals surface area (Å²) in [5.74, 6) is -2.18. The second kappa shape index (κ2) is 10.9. The van der Waals surface area contributed by atoms with Crippen molar-refractivity contribution in [3.63, 3.8) is 0 Å². The van der Waals surface area contributed by atoms with E-state index in [1.54, 1.807) is 24.3 Å². The molecule has 0 bridgehead atoms. The van der Waals surface area contributed by atoms with Gasteiger partial charge in [0.2, 0.25) is 0 Å². The van der Waals surface area contributed by atoms with Gasteiger partial charge in [-0.25, -0.2) is 13.6 Å². The minimum atomic E-state index is -0.988. The Hall–Kier alpha value is -3.38. The molecule has 1 aliphatic carbocycles. The number of aromatic carboxylic acids is 1. The molecular formula is C31H30F3NO2. The van der Waals surface area contributed by atoms with Gasteiger partial charge in [-0.05, 0) is 89.6 Å². The van der Waals surface area contributed by atoms with Crippen LogP contribution in [0.2, 0.25) is 0 Å². The quantitative estimate of drug-likeness (QED) is 0.366. The second-order valence-corrected chi connectivity index (χ2v) is 10.1. The summed E-state index contributed by atoms with van der Waals surface area (Å²) in [7, 11) is 0. The molecule has 2 aliphatic rings. The summed E-state index contributed by atoms with van der Waals surface area (Å²) in [5.41, 5.74) is 5.87. The number of carboxylic acid groups (broad SMARTS) is 1. The summed E-state index contributed by atoms with van der Waals surface area (Å²) in [6.45, 7) is 2.49. The number of aryl methyl sites for hydroxylation is 1. The number of carboxylic acids is 1. The predicted molar refractivity (Wildman–Crippen MR) is 139 cm³/mol. The molecule has 0 amide bonds. The fraction of sp³-hybridized carbons (Fsp3) is 0.323. The van der Waals surface area contributed by atoms with Crippen molar-refractivity contribution in [1.29, 1.82) is 0 Å². The fourth-order valence-electron chi connectivity index (χ4n) is 5.67. The van der Waals surface area contributed by atoms with Gasteiger partial charge in [-0.1, -0.05) is 42.5 Å². The van der Waals surface area contributed by atoms with Crippen molar-refractivity contribution in [2.75, 3.05) is 26.3 Å². The van der Waals surface area contributed by atoms with Crippen molar-refractivity contribution in [3.8, 4) is 0 Å². The topological polar surface area (TPSA) is 40.5 Å². The van der Waals surface area contributed by atoms with Gasteiger partial charge in [-0.3, -0.25) is 4.39 Å². The highest BCUT2D eigenvalue weighted by atomic mass is 19.2. The molecule has 0 atom stereocenters. The van der Waals surface area contributed by atoms with Gasteiger partial charge < -0.3 is 10.0 Å². The molecule has 3 nitrogen and oxygen atoms in total. The van der Waals surface area contributed by atoms with Crippen LogP contribution in [0.1, 0.15) is 57.4 Å². The van der Waals surface area contributed by atoms with Crippen molar-refractivity contribution in [2.24, 2.45) is 5.92 Å². The Morgan fingerprint density at radius 1 is 0.973 bits per heavy atom. The number of benzene rings is 3. The third-order valence-electron chi connectivity index (χ3n) is 7.48. The van der Waals surface area contributed by atoms with Gasteiger partial charge in [0.05, 0.1) is 12.2 Å². The molecule has 192 valence electrons. The Labute approximate surface area is 215 Å². The smallest absolute Gasteiger partial charge is 0.335 e. The van der Waals surface area contributed by atoms with Gasteiger partial charge in [0.15, 0.2) is 11.6 Å². The maximum absolute atomic E-state index is 15.0. The van der Waals surface area contributed by atoms with E-state index in [4.69, 9.17) is 0 Å². The molecule has 1 fully saturated rings. The minimum absolute atomic E-state index is 0.217. The van der Waals surface area contributed by atoms with E-state index in [0.717, 1.165) is 60.0 Å². The van der Waals surface area contributed by atoms with Crippen LogP contribution >= 0.6 is 0 Å². The molecule has 1 saturated heterocycles. The van der Waals surface area contributed by atoms with Crippen LogP contribution in [0.3, 0.4) is 0 Å². The maximum atomic E-state index is 15.0. The second-order valence-electron chi connectivity index (χ2n) is 10.1. The van der Waals surface area contributed by atoms with E-state index >= 15 is 4.39 Å². The van der Waals surface area contributed by atoms with Crippen molar-refractivity contribution >= 4 is 17.1 Å². The van der Waals surface area contributed by atoms with Crippen LogP contribution < -0.4 is 0 Å². The van der Waals surface area contributed by atoms with Crippen LogP contribution in [0.15, 0.2) is 60.7 Å². The molecule has 6 heteroatoms. The van der Waals surface area contributed by atoms with Crippen LogP contribution in [0, 0.1) is 17.6 Å². The molecule has 5 rings (SSSR count). The molecule has 1 heterocycles. The molecule has 1 aliphatic heterocycles. The number of likely N-dealkylation sites (tertiary alicyclic amines) is 1. The fourth-order valence-corrected chi connectivity index (χ4v) is 5.67. The summed E-state index contributed by atoms with van der Waals surface area (Å²) in [6, 6.07) is 17.6. The summed E-state index contributed by atoms with van der Waals surface area (Å²) in [6.07, 6.45) is 3.42. The Morgan fingerprint density at radius 2 is 1.76 bits per heavy atom. The molecule has 3 aromatic rings. The van der Waals surface area contributed by atoms with Crippen molar-refractivity contribution < 1.29 is 23.1 Å². The first kappa shape index (κ1) is 25.3. The molecule has 0 unspecified atom stereocenters. The highest BCUT2D eigenvalue weighted by Crippen LogP contribution is 2.41. The van der Waals surface area contributed by atoms with Gasteiger partial charge in [-0.2, -0.15) is 0 Å². The maximum Gasteiger partial charge on any atom is 0.335 e. The molecule has 0 spiro atoms. The highest BCUT2D eigenvalue weighted by Gasteiger charge is 2.27. The van der Waals surface area contributed by atoms with Crippen LogP contribution in [0.25, 0.3) is 11.1 Å². The van der Waals surface area contributed by atoms with Crippen LogP contribution in [-0.4, -0.2) is 42.3 Å². The van der Waals surface area contributed by atoms with Gasteiger partial charge in [0, 0.05) is 25.2 Å². The number of rotatable bonds is 8. The van der Waals surface area contributed by atoms with Gasteiger partial charge in [0.25, 0.3) is 0 Å². The number of allylic oxidation sites excluding steroid dienone is 1. The highest BCUT2D eigenvalue weighted by molar-refractivity contribution is 6.00. The van der Waals surface area contributed by atoms with E-state index in [2.05, 4.69) is 17.0 Å². The summed E-state index contributed by atoms with van der Waals surface area (Å²) < 4.78 is 41.6. The van der Waals surface area contributed by atoms with Crippen LogP contribution in [-0.2, 0) is 12.8 Å². The third-order valence-corrected chi connectivity index (χ3v) is 7.48.